The molecule has 0 aliphatic heterocycles. The molecule has 118 valence electrons. The fourth-order valence-corrected chi connectivity index (χ4v) is 2.47. The molecule has 1 aromatic carbocycles. The van der Waals surface area contributed by atoms with Gasteiger partial charge in [-0.25, -0.2) is 0 Å². The minimum atomic E-state index is -4.43. The molecule has 0 bridgehead atoms. The molecule has 6 heteroatoms. The highest BCUT2D eigenvalue weighted by Crippen LogP contribution is 2.25. The zero-order valence-corrected chi connectivity index (χ0v) is 12.9. The Morgan fingerprint density at radius 1 is 1.24 bits per heavy atom. The van der Waals surface area contributed by atoms with E-state index in [9.17, 15) is 12.8 Å². The van der Waals surface area contributed by atoms with E-state index in [0.29, 0.717) is 6.42 Å². The standard InChI is InChI=1S/C15H21FO4S/c1-2-3-4-5-6-7-12-15(16)20-13-10-8-9-11-14(13)21(17,18)19/h8-12H,2-7H2,1H3,(H,17,18,19). The third kappa shape index (κ3) is 6.73. The monoisotopic (exact) mass is 316 g/mol. The first kappa shape index (κ1) is 17.7. The maximum absolute atomic E-state index is 13.6. The average molecular weight is 316 g/mol. The molecule has 0 aromatic heterocycles. The predicted octanol–water partition coefficient (Wildman–Crippen LogP) is 4.48. The lowest BCUT2D eigenvalue weighted by Gasteiger charge is -2.07. The summed E-state index contributed by atoms with van der Waals surface area (Å²) in [5.74, 6) is -0.222. The van der Waals surface area contributed by atoms with Crippen LogP contribution in [0.15, 0.2) is 41.2 Å². The van der Waals surface area contributed by atoms with Crippen LogP contribution in [0.2, 0.25) is 0 Å². The third-order valence-electron chi connectivity index (χ3n) is 2.95. The molecule has 0 unspecified atom stereocenters. The SMILES string of the molecule is CCCCCCCC=C(F)Oc1ccccc1S(=O)(=O)O. The van der Waals surface area contributed by atoms with Gasteiger partial charge in [0.1, 0.15) is 4.90 Å². The van der Waals surface area contributed by atoms with Gasteiger partial charge in [-0.3, -0.25) is 4.55 Å². The summed E-state index contributed by atoms with van der Waals surface area (Å²) >= 11 is 0. The summed E-state index contributed by atoms with van der Waals surface area (Å²) in [7, 11) is -4.43. The summed E-state index contributed by atoms with van der Waals surface area (Å²) in [5, 5.41) is 0. The van der Waals surface area contributed by atoms with Crippen LogP contribution in [-0.4, -0.2) is 13.0 Å². The molecule has 0 spiro atoms. The highest BCUT2D eigenvalue weighted by Gasteiger charge is 2.16. The van der Waals surface area contributed by atoms with Crippen LogP contribution in [0, 0.1) is 0 Å². The van der Waals surface area contributed by atoms with Gasteiger partial charge in [-0.15, -0.1) is 0 Å². The van der Waals surface area contributed by atoms with Crippen molar-refractivity contribution in [2.75, 3.05) is 0 Å². The number of halogens is 1. The van der Waals surface area contributed by atoms with Gasteiger partial charge in [-0.05, 0) is 31.1 Å². The van der Waals surface area contributed by atoms with Gasteiger partial charge >= 0.3 is 0 Å². The largest absolute Gasteiger partial charge is 0.430 e. The predicted molar refractivity (Wildman–Crippen MR) is 79.5 cm³/mol. The molecule has 0 fully saturated rings. The molecule has 0 amide bonds. The third-order valence-corrected chi connectivity index (χ3v) is 3.84. The number of hydrogen-bond acceptors (Lipinski definition) is 3. The second kappa shape index (κ2) is 8.79. The quantitative estimate of drug-likeness (QED) is 0.414. The summed E-state index contributed by atoms with van der Waals surface area (Å²) in [6, 6.07) is 4.51. The van der Waals surface area contributed by atoms with Crippen molar-refractivity contribution < 1.29 is 22.1 Å². The van der Waals surface area contributed by atoms with Gasteiger partial charge in [0.2, 0.25) is 0 Å². The van der Waals surface area contributed by atoms with E-state index >= 15 is 0 Å². The molecule has 1 N–H and O–H groups in total. The van der Waals surface area contributed by atoms with Crippen LogP contribution in [0.25, 0.3) is 0 Å². The van der Waals surface area contributed by atoms with E-state index in [0.717, 1.165) is 31.7 Å². The molecular weight excluding hydrogens is 295 g/mol. The Balaban J connectivity index is 2.57. The Bertz CT molecular complexity index is 567. The molecule has 21 heavy (non-hydrogen) atoms. The number of ether oxygens (including phenoxy) is 1. The second-order valence-electron chi connectivity index (χ2n) is 4.73. The van der Waals surface area contributed by atoms with Gasteiger partial charge in [0.25, 0.3) is 16.1 Å². The fraction of sp³-hybridized carbons (Fsp3) is 0.467. The number of rotatable bonds is 9. The molecule has 0 atom stereocenters. The number of para-hydroxylation sites is 1. The van der Waals surface area contributed by atoms with Crippen molar-refractivity contribution in [2.24, 2.45) is 0 Å². The Kier molecular flexibility index (Phi) is 7.39. The molecule has 0 aliphatic rings. The summed E-state index contributed by atoms with van der Waals surface area (Å²) in [5.41, 5.74) is 0. The van der Waals surface area contributed by atoms with Gasteiger partial charge in [-0.2, -0.15) is 12.8 Å². The van der Waals surface area contributed by atoms with E-state index in [1.807, 2.05) is 0 Å². The van der Waals surface area contributed by atoms with E-state index in [4.69, 9.17) is 9.29 Å². The van der Waals surface area contributed by atoms with Gasteiger partial charge in [0.05, 0.1) is 0 Å². The summed E-state index contributed by atoms with van der Waals surface area (Å²) in [6.07, 6.45) is 7.15. The van der Waals surface area contributed by atoms with Crippen LogP contribution >= 0.6 is 0 Å². The molecule has 1 aromatic rings. The van der Waals surface area contributed by atoms with Crippen molar-refractivity contribution in [3.8, 4) is 5.75 Å². The number of allylic oxidation sites excluding steroid dienone is 1. The second-order valence-corrected chi connectivity index (χ2v) is 6.12. The van der Waals surface area contributed by atoms with E-state index in [1.54, 1.807) is 0 Å². The molecule has 0 saturated carbocycles. The minimum Gasteiger partial charge on any atom is -0.430 e. The highest BCUT2D eigenvalue weighted by molar-refractivity contribution is 7.86. The highest BCUT2D eigenvalue weighted by atomic mass is 32.2. The summed E-state index contributed by atoms with van der Waals surface area (Å²) < 4.78 is 49.7. The lowest BCUT2D eigenvalue weighted by atomic mass is 10.1. The van der Waals surface area contributed by atoms with Crippen molar-refractivity contribution in [2.45, 2.75) is 50.3 Å². The van der Waals surface area contributed by atoms with Gasteiger partial charge in [0.15, 0.2) is 5.75 Å². The van der Waals surface area contributed by atoms with Crippen molar-refractivity contribution >= 4 is 10.1 Å². The molecule has 0 heterocycles. The lowest BCUT2D eigenvalue weighted by molar-refractivity contribution is 0.292. The fourth-order valence-electron chi connectivity index (χ4n) is 1.86. The minimum absolute atomic E-state index is 0.222. The molecule has 4 nitrogen and oxygen atoms in total. The van der Waals surface area contributed by atoms with Gasteiger partial charge in [-0.1, -0.05) is 44.7 Å². The number of unbranched alkanes of at least 4 members (excludes halogenated alkanes) is 5. The van der Waals surface area contributed by atoms with Crippen molar-refractivity contribution in [3.05, 3.63) is 36.4 Å². The van der Waals surface area contributed by atoms with Crippen LogP contribution in [0.1, 0.15) is 45.4 Å². The molecule has 0 aliphatic carbocycles. The first-order chi connectivity index (χ1) is 9.95. The normalized spacial score (nSPS) is 12.4. The Hall–Kier alpha value is -1.40. The summed E-state index contributed by atoms with van der Waals surface area (Å²) in [4.78, 5) is -0.448. The molecule has 0 saturated heterocycles. The Labute approximate surface area is 125 Å². The van der Waals surface area contributed by atoms with E-state index < -0.39 is 21.0 Å². The van der Waals surface area contributed by atoms with Crippen molar-refractivity contribution in [1.82, 2.24) is 0 Å². The van der Waals surface area contributed by atoms with Gasteiger partial charge in [0, 0.05) is 0 Å². The van der Waals surface area contributed by atoms with Crippen LogP contribution in [0.4, 0.5) is 4.39 Å². The van der Waals surface area contributed by atoms with E-state index in [-0.39, 0.29) is 5.75 Å². The van der Waals surface area contributed by atoms with E-state index in [1.165, 1.54) is 30.7 Å². The van der Waals surface area contributed by atoms with Crippen LogP contribution in [0.3, 0.4) is 0 Å². The van der Waals surface area contributed by atoms with Gasteiger partial charge < -0.3 is 4.74 Å². The Morgan fingerprint density at radius 2 is 1.90 bits per heavy atom. The Morgan fingerprint density at radius 3 is 2.57 bits per heavy atom. The van der Waals surface area contributed by atoms with E-state index in [2.05, 4.69) is 6.92 Å². The topological polar surface area (TPSA) is 63.6 Å². The zero-order valence-electron chi connectivity index (χ0n) is 12.1. The number of hydrogen-bond donors (Lipinski definition) is 1. The molecule has 0 radical (unpaired) electrons. The van der Waals surface area contributed by atoms with Crippen LogP contribution < -0.4 is 4.74 Å². The smallest absolute Gasteiger partial charge is 0.298 e. The molecular formula is C15H21FO4S. The zero-order chi connectivity index (χ0) is 15.7. The first-order valence-corrected chi connectivity index (χ1v) is 8.49. The maximum atomic E-state index is 13.6. The van der Waals surface area contributed by atoms with Crippen LogP contribution in [0.5, 0.6) is 5.75 Å². The van der Waals surface area contributed by atoms with Crippen molar-refractivity contribution in [1.29, 1.82) is 0 Å². The number of benzene rings is 1. The van der Waals surface area contributed by atoms with Crippen LogP contribution in [-0.2, 0) is 10.1 Å². The first-order valence-electron chi connectivity index (χ1n) is 7.05. The molecule has 1 rings (SSSR count). The average Bonchev–Trinajstić information content (AvgIpc) is 2.42. The lowest BCUT2D eigenvalue weighted by Crippen LogP contribution is -2.02. The maximum Gasteiger partial charge on any atom is 0.298 e. The summed E-state index contributed by atoms with van der Waals surface area (Å²) in [6.45, 7) is 2.13. The van der Waals surface area contributed by atoms with Crippen molar-refractivity contribution in [3.63, 3.8) is 0 Å².